The van der Waals surface area contributed by atoms with Crippen LogP contribution in [0.25, 0.3) is 0 Å². The first kappa shape index (κ1) is 19.7. The molecule has 0 spiro atoms. The number of nitro groups is 1. The summed E-state index contributed by atoms with van der Waals surface area (Å²) in [5, 5.41) is 13.7. The van der Waals surface area contributed by atoms with Crippen molar-refractivity contribution in [3.05, 3.63) is 68.8 Å². The Balaban J connectivity index is 1.55. The molecule has 154 valence electrons. The summed E-state index contributed by atoms with van der Waals surface area (Å²) in [6, 6.07) is 8.70. The van der Waals surface area contributed by atoms with Crippen molar-refractivity contribution >= 4 is 29.1 Å². The molecular weight excluding hydrogens is 390 g/mol. The Labute approximate surface area is 171 Å². The van der Waals surface area contributed by atoms with E-state index < -0.39 is 22.6 Å². The normalized spacial score (nSPS) is 17.9. The van der Waals surface area contributed by atoms with Crippen molar-refractivity contribution in [1.82, 2.24) is 4.90 Å². The van der Waals surface area contributed by atoms with Gasteiger partial charge in [0.15, 0.2) is 0 Å². The van der Waals surface area contributed by atoms with Crippen LogP contribution >= 0.6 is 0 Å². The van der Waals surface area contributed by atoms with Crippen LogP contribution in [-0.2, 0) is 4.74 Å². The van der Waals surface area contributed by atoms with E-state index in [0.29, 0.717) is 17.9 Å². The third-order valence-corrected chi connectivity index (χ3v) is 5.39. The molecular formula is C21H19N3O6. The first-order chi connectivity index (χ1) is 14.4. The van der Waals surface area contributed by atoms with Crippen LogP contribution in [0.2, 0.25) is 0 Å². The predicted octanol–water partition coefficient (Wildman–Crippen LogP) is 2.93. The van der Waals surface area contributed by atoms with Crippen molar-refractivity contribution in [2.24, 2.45) is 0 Å². The second-order valence-electron chi connectivity index (χ2n) is 7.28. The first-order valence-corrected chi connectivity index (χ1v) is 9.54. The smallest absolute Gasteiger partial charge is 0.274 e. The van der Waals surface area contributed by atoms with Crippen LogP contribution in [0.3, 0.4) is 0 Å². The topological polar surface area (TPSA) is 119 Å². The third-order valence-electron chi connectivity index (χ3n) is 5.39. The number of hydrogen-bond acceptors (Lipinski definition) is 6. The quantitative estimate of drug-likeness (QED) is 0.461. The van der Waals surface area contributed by atoms with E-state index >= 15 is 0 Å². The van der Waals surface area contributed by atoms with E-state index in [2.05, 4.69) is 5.32 Å². The highest BCUT2D eigenvalue weighted by Crippen LogP contribution is 2.28. The van der Waals surface area contributed by atoms with Crippen LogP contribution in [0.4, 0.5) is 11.4 Å². The summed E-state index contributed by atoms with van der Waals surface area (Å²) in [5.41, 5.74) is 1.12. The Bertz CT molecular complexity index is 1070. The molecule has 3 amide bonds. The Morgan fingerprint density at radius 2 is 2.00 bits per heavy atom. The number of benzene rings is 2. The fourth-order valence-electron chi connectivity index (χ4n) is 3.74. The molecule has 30 heavy (non-hydrogen) atoms. The zero-order valence-corrected chi connectivity index (χ0v) is 16.2. The van der Waals surface area contributed by atoms with Crippen molar-refractivity contribution in [1.29, 1.82) is 0 Å². The molecule has 9 nitrogen and oxygen atoms in total. The molecule has 1 saturated heterocycles. The van der Waals surface area contributed by atoms with Gasteiger partial charge in [-0.1, -0.05) is 6.07 Å². The fraction of sp³-hybridized carbons (Fsp3) is 0.286. The molecule has 1 atom stereocenters. The van der Waals surface area contributed by atoms with Gasteiger partial charge in [-0.15, -0.1) is 0 Å². The van der Waals surface area contributed by atoms with E-state index in [1.54, 1.807) is 13.0 Å². The highest BCUT2D eigenvalue weighted by molar-refractivity contribution is 6.22. The molecule has 2 aromatic rings. The molecule has 9 heteroatoms. The summed E-state index contributed by atoms with van der Waals surface area (Å²) in [5.74, 6) is -1.38. The van der Waals surface area contributed by atoms with Gasteiger partial charge in [-0.05, 0) is 44.0 Å². The summed E-state index contributed by atoms with van der Waals surface area (Å²) >= 11 is 0. The number of nitrogens with one attached hydrogen (secondary N) is 1. The molecule has 2 heterocycles. The van der Waals surface area contributed by atoms with E-state index in [1.807, 2.05) is 0 Å². The number of fused-ring (bicyclic) bond motifs is 1. The number of hydrogen-bond donors (Lipinski definition) is 1. The number of nitro benzene ring substituents is 1. The Morgan fingerprint density at radius 1 is 1.23 bits per heavy atom. The van der Waals surface area contributed by atoms with Crippen molar-refractivity contribution in [3.63, 3.8) is 0 Å². The number of carbonyl (C=O) groups excluding carboxylic acids is 3. The summed E-state index contributed by atoms with van der Waals surface area (Å²) in [4.78, 5) is 49.8. The van der Waals surface area contributed by atoms with Gasteiger partial charge in [-0.25, -0.2) is 0 Å². The molecule has 2 aliphatic heterocycles. The van der Waals surface area contributed by atoms with Crippen molar-refractivity contribution in [2.75, 3.05) is 18.5 Å². The Kier molecular flexibility index (Phi) is 5.04. The summed E-state index contributed by atoms with van der Waals surface area (Å²) in [7, 11) is 0. The van der Waals surface area contributed by atoms with Crippen molar-refractivity contribution in [2.45, 2.75) is 25.9 Å². The molecule has 0 unspecified atom stereocenters. The minimum Gasteiger partial charge on any atom is -0.376 e. The standard InChI is InChI=1S/C21H19N3O6/c1-12-17(5-2-6-18(12)24(28)29)22-19(25)13-7-8-15-16(10-13)21(27)23(20(15)26)11-14-4-3-9-30-14/h2,5-8,10,14H,3-4,9,11H2,1H3,(H,22,25)/t14-/m0/s1. The minimum absolute atomic E-state index is 0.104. The van der Waals surface area contributed by atoms with Gasteiger partial charge in [0.1, 0.15) is 0 Å². The number of amides is 3. The molecule has 1 fully saturated rings. The number of carbonyl (C=O) groups is 3. The summed E-state index contributed by atoms with van der Waals surface area (Å²) in [6.07, 6.45) is 1.53. The molecule has 4 rings (SSSR count). The average Bonchev–Trinajstić information content (AvgIpc) is 3.32. The molecule has 0 aliphatic carbocycles. The fourth-order valence-corrected chi connectivity index (χ4v) is 3.74. The Morgan fingerprint density at radius 3 is 2.70 bits per heavy atom. The maximum absolute atomic E-state index is 12.7. The zero-order chi connectivity index (χ0) is 21.4. The van der Waals surface area contributed by atoms with Gasteiger partial charge in [-0.2, -0.15) is 0 Å². The highest BCUT2D eigenvalue weighted by Gasteiger charge is 2.38. The lowest BCUT2D eigenvalue weighted by molar-refractivity contribution is -0.385. The van der Waals surface area contributed by atoms with E-state index in [4.69, 9.17) is 4.74 Å². The lowest BCUT2D eigenvalue weighted by atomic mass is 10.0. The number of rotatable bonds is 5. The van der Waals surface area contributed by atoms with E-state index in [9.17, 15) is 24.5 Å². The lowest BCUT2D eigenvalue weighted by Gasteiger charge is -2.17. The molecule has 0 radical (unpaired) electrons. The summed E-state index contributed by atoms with van der Waals surface area (Å²) < 4.78 is 5.52. The van der Waals surface area contributed by atoms with Crippen LogP contribution < -0.4 is 5.32 Å². The molecule has 1 N–H and O–H groups in total. The maximum Gasteiger partial charge on any atom is 0.274 e. The highest BCUT2D eigenvalue weighted by atomic mass is 16.6. The van der Waals surface area contributed by atoms with Crippen molar-refractivity contribution in [3.8, 4) is 0 Å². The van der Waals surface area contributed by atoms with Crippen LogP contribution in [0.5, 0.6) is 0 Å². The Hall–Kier alpha value is -3.59. The lowest BCUT2D eigenvalue weighted by Crippen LogP contribution is -2.36. The number of nitrogens with zero attached hydrogens (tertiary/aromatic N) is 2. The number of ether oxygens (including phenoxy) is 1. The second kappa shape index (κ2) is 7.68. The molecule has 0 aromatic heterocycles. The monoisotopic (exact) mass is 409 g/mol. The van der Waals surface area contributed by atoms with Gasteiger partial charge >= 0.3 is 0 Å². The average molecular weight is 409 g/mol. The van der Waals surface area contributed by atoms with Gasteiger partial charge in [0, 0.05) is 18.2 Å². The van der Waals surface area contributed by atoms with Gasteiger partial charge in [-0.3, -0.25) is 29.4 Å². The van der Waals surface area contributed by atoms with Gasteiger partial charge < -0.3 is 10.1 Å². The number of anilines is 1. The summed E-state index contributed by atoms with van der Waals surface area (Å²) in [6.45, 7) is 2.36. The SMILES string of the molecule is Cc1c(NC(=O)c2ccc3c(c2)C(=O)N(C[C@@H]2CCCO2)C3=O)cccc1[N+](=O)[O-]. The van der Waals surface area contributed by atoms with E-state index in [0.717, 1.165) is 17.7 Å². The molecule has 2 aliphatic rings. The molecule has 0 saturated carbocycles. The second-order valence-corrected chi connectivity index (χ2v) is 7.28. The minimum atomic E-state index is -0.528. The van der Waals surface area contributed by atoms with Crippen molar-refractivity contribution < 1.29 is 24.0 Å². The van der Waals surface area contributed by atoms with Crippen LogP contribution in [-0.4, -0.2) is 46.8 Å². The van der Waals surface area contributed by atoms with Crippen LogP contribution in [0.1, 0.15) is 49.5 Å². The zero-order valence-electron chi connectivity index (χ0n) is 16.2. The van der Waals surface area contributed by atoms with Crippen LogP contribution in [0.15, 0.2) is 36.4 Å². The molecule has 0 bridgehead atoms. The maximum atomic E-state index is 12.7. The van der Waals surface area contributed by atoms with Gasteiger partial charge in [0.05, 0.1) is 39.9 Å². The third kappa shape index (κ3) is 3.43. The van der Waals surface area contributed by atoms with E-state index in [1.165, 1.54) is 30.3 Å². The number of imide groups is 1. The predicted molar refractivity (Wildman–Crippen MR) is 107 cm³/mol. The van der Waals surface area contributed by atoms with E-state index in [-0.39, 0.29) is 35.0 Å². The van der Waals surface area contributed by atoms with Gasteiger partial charge in [0.2, 0.25) is 0 Å². The van der Waals surface area contributed by atoms with Gasteiger partial charge in [0.25, 0.3) is 23.4 Å². The molecule has 2 aromatic carbocycles. The first-order valence-electron chi connectivity index (χ1n) is 9.54. The van der Waals surface area contributed by atoms with Crippen LogP contribution in [0, 0.1) is 17.0 Å². The largest absolute Gasteiger partial charge is 0.376 e.